The van der Waals surface area contributed by atoms with Gasteiger partial charge < -0.3 is 18.8 Å². The van der Waals surface area contributed by atoms with Crippen LogP contribution in [-0.2, 0) is 20.9 Å². The molecule has 0 saturated carbocycles. The highest BCUT2D eigenvalue weighted by Crippen LogP contribution is 2.47. The second kappa shape index (κ2) is 13.2. The Morgan fingerprint density at radius 3 is 2.57 bits per heavy atom. The van der Waals surface area contributed by atoms with E-state index in [1.165, 1.54) is 7.11 Å². The molecule has 1 aromatic heterocycles. The number of methoxy groups -OCH3 is 1. The zero-order chi connectivity index (χ0) is 31.5. The molecule has 5 rings (SSSR count). The van der Waals surface area contributed by atoms with E-state index in [0.717, 1.165) is 16.5 Å². The van der Waals surface area contributed by atoms with Gasteiger partial charge in [-0.05, 0) is 80.7 Å². The summed E-state index contributed by atoms with van der Waals surface area (Å²) in [5.41, 5.74) is 3.34. The third-order valence-electron chi connectivity index (χ3n) is 8.36. The van der Waals surface area contributed by atoms with Crippen LogP contribution in [0.3, 0.4) is 0 Å². The van der Waals surface area contributed by atoms with Crippen LogP contribution in [0.4, 0.5) is 0 Å². The Kier molecular flexibility index (Phi) is 9.37. The Bertz CT molecular complexity index is 1700. The summed E-state index contributed by atoms with van der Waals surface area (Å²) in [5, 5.41) is 0.896. The molecule has 0 bridgehead atoms. The van der Waals surface area contributed by atoms with E-state index in [1.54, 1.807) is 16.7 Å². The molecular formula is C36H41NO7. The molecule has 2 aromatic carbocycles. The summed E-state index contributed by atoms with van der Waals surface area (Å²) >= 11 is 0. The summed E-state index contributed by atoms with van der Waals surface area (Å²) in [4.78, 5) is 53.3. The van der Waals surface area contributed by atoms with Gasteiger partial charge in [-0.3, -0.25) is 14.4 Å². The van der Waals surface area contributed by atoms with Gasteiger partial charge in [0.15, 0.2) is 0 Å². The predicted molar refractivity (Wildman–Crippen MR) is 169 cm³/mol. The van der Waals surface area contributed by atoms with Gasteiger partial charge in [0.25, 0.3) is 5.56 Å². The first-order chi connectivity index (χ1) is 21.1. The summed E-state index contributed by atoms with van der Waals surface area (Å²) in [5.74, 6) is -0.830. The first-order valence-electron chi connectivity index (χ1n) is 15.6. The Morgan fingerprint density at radius 2 is 1.82 bits per heavy atom. The summed E-state index contributed by atoms with van der Waals surface area (Å²) in [6.07, 6.45) is 6.69. The largest absolute Gasteiger partial charge is 0.495 e. The van der Waals surface area contributed by atoms with Crippen LogP contribution in [-0.4, -0.2) is 35.5 Å². The second-order valence-electron chi connectivity index (χ2n) is 12.4. The van der Waals surface area contributed by atoms with Crippen molar-refractivity contribution in [3.8, 4) is 11.5 Å². The van der Waals surface area contributed by atoms with Gasteiger partial charge in [0, 0.05) is 36.4 Å². The van der Waals surface area contributed by atoms with Gasteiger partial charge in [-0.15, -0.1) is 0 Å². The number of esters is 2. The second-order valence-corrected chi connectivity index (χ2v) is 12.4. The van der Waals surface area contributed by atoms with Crippen LogP contribution in [0.15, 0.2) is 41.2 Å². The normalized spacial score (nSPS) is 19.6. The minimum atomic E-state index is -0.698. The maximum absolute atomic E-state index is 14.2. The molecule has 1 unspecified atom stereocenters. The van der Waals surface area contributed by atoms with Crippen LogP contribution in [0.5, 0.6) is 11.5 Å². The van der Waals surface area contributed by atoms with Crippen molar-refractivity contribution in [2.75, 3.05) is 7.11 Å². The van der Waals surface area contributed by atoms with E-state index in [2.05, 4.69) is 13.8 Å². The predicted octanol–water partition coefficient (Wildman–Crippen LogP) is 6.90. The third kappa shape index (κ3) is 6.49. The number of allylic oxidation sites excluding steroid dienone is 1. The van der Waals surface area contributed by atoms with Crippen LogP contribution in [0, 0.1) is 12.8 Å². The molecular weight excluding hydrogens is 558 g/mol. The number of carbonyl (C=O) groups is 3. The fraction of sp³-hybridized carbons (Fsp3) is 0.444. The molecule has 3 heterocycles. The molecule has 2 atom stereocenters. The van der Waals surface area contributed by atoms with Crippen molar-refractivity contribution >= 4 is 34.7 Å². The van der Waals surface area contributed by atoms with Gasteiger partial charge in [0.05, 0.1) is 25.2 Å². The Labute approximate surface area is 258 Å². The third-order valence-corrected chi connectivity index (χ3v) is 8.36. The molecule has 2 aliphatic heterocycles. The van der Waals surface area contributed by atoms with Gasteiger partial charge in [0.2, 0.25) is 0 Å². The van der Waals surface area contributed by atoms with Crippen LogP contribution < -0.4 is 15.0 Å². The van der Waals surface area contributed by atoms with Gasteiger partial charge in [-0.2, -0.15) is 0 Å². The Morgan fingerprint density at radius 1 is 1.05 bits per heavy atom. The number of ether oxygens (including phenoxy) is 3. The van der Waals surface area contributed by atoms with E-state index >= 15 is 0 Å². The molecule has 2 aliphatic rings. The number of carbonyl (C=O) groups excluding carboxylic acids is 3. The highest BCUT2D eigenvalue weighted by molar-refractivity contribution is 5.99. The summed E-state index contributed by atoms with van der Waals surface area (Å²) < 4.78 is 19.4. The molecule has 0 amide bonds. The van der Waals surface area contributed by atoms with Gasteiger partial charge in [-0.25, -0.2) is 4.79 Å². The van der Waals surface area contributed by atoms with Crippen molar-refractivity contribution in [2.24, 2.45) is 5.92 Å². The van der Waals surface area contributed by atoms with Crippen molar-refractivity contribution < 1.29 is 28.6 Å². The zero-order valence-electron chi connectivity index (χ0n) is 26.2. The average molecular weight is 600 g/mol. The van der Waals surface area contributed by atoms with E-state index < -0.39 is 24.0 Å². The SMILES string of the molecule is COc1c2c(cc3c1C(c1cc4cc(C)ccc4n(CC(C)C)c1=O)CC(=O)O3)C=CCCCC(=O)CCC[C@H](C)OC2=O. The minimum absolute atomic E-state index is 0.0777. The van der Waals surface area contributed by atoms with Gasteiger partial charge in [0.1, 0.15) is 22.8 Å². The lowest BCUT2D eigenvalue weighted by Crippen LogP contribution is -2.31. The fourth-order valence-electron chi connectivity index (χ4n) is 6.30. The number of rotatable bonds is 4. The number of fused-ring (bicyclic) bond motifs is 3. The van der Waals surface area contributed by atoms with Crippen molar-refractivity contribution in [3.63, 3.8) is 0 Å². The molecule has 8 nitrogen and oxygen atoms in total. The van der Waals surface area contributed by atoms with Crippen LogP contribution in [0.25, 0.3) is 17.0 Å². The average Bonchev–Trinajstić information content (AvgIpc) is 2.96. The molecule has 232 valence electrons. The molecule has 0 saturated heterocycles. The summed E-state index contributed by atoms with van der Waals surface area (Å²) in [6, 6.07) is 9.51. The summed E-state index contributed by atoms with van der Waals surface area (Å²) in [7, 11) is 1.47. The standard InChI is InChI=1S/C36H41NO7/c1-21(2)20-37-29-15-14-22(3)16-25(29)17-28(35(37)40)27-19-31(39)44-30-18-24-11-7-6-8-12-26(38)13-9-10-23(4)43-36(41)32(24)34(42-5)33(27)30/h7,11,14-18,21,23,27H,6,8-10,12-13,19-20H2,1-5H3/t23-,27?/m0/s1. The van der Waals surface area contributed by atoms with Crippen molar-refractivity contribution in [1.82, 2.24) is 4.57 Å². The number of Topliss-reactive ketones (excluding diaryl/α,β-unsaturated/α-hetero) is 1. The van der Waals surface area contributed by atoms with Crippen LogP contribution >= 0.6 is 0 Å². The molecule has 44 heavy (non-hydrogen) atoms. The topological polar surface area (TPSA) is 101 Å². The summed E-state index contributed by atoms with van der Waals surface area (Å²) in [6.45, 7) is 8.45. The first kappa shape index (κ1) is 31.2. The molecule has 0 aliphatic carbocycles. The zero-order valence-corrected chi connectivity index (χ0v) is 26.2. The van der Waals surface area contributed by atoms with E-state index in [4.69, 9.17) is 14.2 Å². The smallest absolute Gasteiger partial charge is 0.342 e. The highest BCUT2D eigenvalue weighted by Gasteiger charge is 2.37. The van der Waals surface area contributed by atoms with Gasteiger partial charge >= 0.3 is 11.9 Å². The number of aryl methyl sites for hydroxylation is 1. The van der Waals surface area contributed by atoms with E-state index in [9.17, 15) is 19.2 Å². The minimum Gasteiger partial charge on any atom is -0.495 e. The maximum atomic E-state index is 14.2. The molecule has 0 spiro atoms. The Hall–Kier alpha value is -4.20. The fourth-order valence-corrected chi connectivity index (χ4v) is 6.30. The van der Waals surface area contributed by atoms with E-state index in [0.29, 0.717) is 61.8 Å². The number of hydrogen-bond donors (Lipinski definition) is 0. The number of hydrogen-bond acceptors (Lipinski definition) is 7. The number of pyridine rings is 1. The van der Waals surface area contributed by atoms with Crippen molar-refractivity contribution in [2.45, 2.75) is 91.2 Å². The lowest BCUT2D eigenvalue weighted by atomic mass is 9.83. The van der Waals surface area contributed by atoms with Crippen molar-refractivity contribution in [1.29, 1.82) is 0 Å². The first-order valence-corrected chi connectivity index (χ1v) is 15.6. The molecule has 0 radical (unpaired) electrons. The maximum Gasteiger partial charge on any atom is 0.342 e. The molecule has 0 N–H and O–H groups in total. The number of benzene rings is 2. The quantitative estimate of drug-likeness (QED) is 0.238. The number of ketones is 1. The molecule has 0 fully saturated rings. The van der Waals surface area contributed by atoms with Crippen LogP contribution in [0.1, 0.15) is 104 Å². The Balaban J connectivity index is 1.73. The van der Waals surface area contributed by atoms with Crippen molar-refractivity contribution in [3.05, 3.63) is 74.6 Å². The highest BCUT2D eigenvalue weighted by atomic mass is 16.5. The number of nitrogens with zero attached hydrogens (tertiary/aromatic N) is 1. The number of cyclic esters (lactones) is 1. The van der Waals surface area contributed by atoms with Gasteiger partial charge in [-0.1, -0.05) is 37.6 Å². The lowest BCUT2D eigenvalue weighted by Gasteiger charge is -2.29. The monoisotopic (exact) mass is 599 g/mol. The van der Waals surface area contributed by atoms with Crippen LogP contribution in [0.2, 0.25) is 0 Å². The number of aromatic nitrogens is 1. The lowest BCUT2D eigenvalue weighted by molar-refractivity contribution is -0.135. The molecule has 8 heteroatoms. The molecule has 3 aromatic rings. The van der Waals surface area contributed by atoms with E-state index in [1.807, 2.05) is 44.2 Å². The van der Waals surface area contributed by atoms with E-state index in [-0.39, 0.29) is 40.7 Å².